The number of ether oxygens (including phenoxy) is 1. The van der Waals surface area contributed by atoms with E-state index in [9.17, 15) is 9.90 Å². The number of morpholine rings is 1. The molecule has 0 bridgehead atoms. The van der Waals surface area contributed by atoms with Crippen LogP contribution in [0.2, 0.25) is 0 Å². The van der Waals surface area contributed by atoms with E-state index in [0.29, 0.717) is 18.9 Å². The number of benzene rings is 1. The first-order valence-electron chi connectivity index (χ1n) is 10.2. The second-order valence-corrected chi connectivity index (χ2v) is 9.23. The van der Waals surface area contributed by atoms with Gasteiger partial charge in [0.05, 0.1) is 19.3 Å². The van der Waals surface area contributed by atoms with Crippen molar-refractivity contribution in [1.82, 2.24) is 5.32 Å². The molecular formula is C22H34N2O3. The maximum absolute atomic E-state index is 12.9. The molecule has 5 heteroatoms. The van der Waals surface area contributed by atoms with Crippen molar-refractivity contribution in [2.75, 3.05) is 37.7 Å². The SMILES string of the molecule is Cc1cc(N2CCOCC2)cc(C2CC2)c1C(=O)NCC(O)CC(C)(C)C. The molecule has 1 heterocycles. The zero-order chi connectivity index (χ0) is 19.6. The molecule has 2 N–H and O–H groups in total. The Morgan fingerprint density at radius 2 is 1.96 bits per heavy atom. The molecule has 1 atom stereocenters. The van der Waals surface area contributed by atoms with Crippen molar-refractivity contribution in [3.63, 3.8) is 0 Å². The fourth-order valence-corrected chi connectivity index (χ4v) is 3.90. The topological polar surface area (TPSA) is 61.8 Å². The van der Waals surface area contributed by atoms with Gasteiger partial charge in [0.15, 0.2) is 0 Å². The van der Waals surface area contributed by atoms with Gasteiger partial charge in [-0.15, -0.1) is 0 Å². The van der Waals surface area contributed by atoms with Gasteiger partial charge in [0.2, 0.25) is 0 Å². The van der Waals surface area contributed by atoms with Crippen molar-refractivity contribution in [3.05, 3.63) is 28.8 Å². The van der Waals surface area contributed by atoms with Gasteiger partial charge in [0.1, 0.15) is 0 Å². The van der Waals surface area contributed by atoms with E-state index in [-0.39, 0.29) is 11.3 Å². The minimum absolute atomic E-state index is 0.0407. The van der Waals surface area contributed by atoms with Crippen molar-refractivity contribution in [2.24, 2.45) is 5.41 Å². The molecule has 1 aromatic carbocycles. The van der Waals surface area contributed by atoms with Gasteiger partial charge in [-0.2, -0.15) is 0 Å². The molecule has 1 saturated carbocycles. The highest BCUT2D eigenvalue weighted by atomic mass is 16.5. The van der Waals surface area contributed by atoms with Gasteiger partial charge in [-0.3, -0.25) is 4.79 Å². The number of nitrogens with one attached hydrogen (secondary N) is 1. The van der Waals surface area contributed by atoms with E-state index in [1.54, 1.807) is 0 Å². The lowest BCUT2D eigenvalue weighted by Crippen LogP contribution is -2.37. The molecule has 1 aromatic rings. The number of nitrogens with zero attached hydrogens (tertiary/aromatic N) is 1. The van der Waals surface area contributed by atoms with Crippen LogP contribution in [-0.2, 0) is 4.74 Å². The van der Waals surface area contributed by atoms with Gasteiger partial charge < -0.3 is 20.1 Å². The number of carbonyl (C=O) groups excluding carboxylic acids is 1. The molecule has 0 radical (unpaired) electrons. The van der Waals surface area contributed by atoms with Crippen molar-refractivity contribution < 1.29 is 14.6 Å². The van der Waals surface area contributed by atoms with Crippen LogP contribution in [0, 0.1) is 12.3 Å². The summed E-state index contributed by atoms with van der Waals surface area (Å²) in [5.41, 5.74) is 4.22. The van der Waals surface area contributed by atoms with Crippen LogP contribution < -0.4 is 10.2 Å². The Bertz CT molecular complexity index is 671. The maximum atomic E-state index is 12.9. The van der Waals surface area contributed by atoms with Gasteiger partial charge in [-0.05, 0) is 60.8 Å². The number of rotatable bonds is 6. The first kappa shape index (κ1) is 20.2. The second-order valence-electron chi connectivity index (χ2n) is 9.23. The van der Waals surface area contributed by atoms with Crippen LogP contribution in [0.5, 0.6) is 0 Å². The Labute approximate surface area is 163 Å². The van der Waals surface area contributed by atoms with E-state index >= 15 is 0 Å². The molecule has 0 aromatic heterocycles. The third-order valence-electron chi connectivity index (χ3n) is 5.32. The lowest BCUT2D eigenvalue weighted by molar-refractivity contribution is 0.0867. The average Bonchev–Trinajstić information content (AvgIpc) is 3.43. The molecular weight excluding hydrogens is 340 g/mol. The summed E-state index contributed by atoms with van der Waals surface area (Å²) in [6.07, 6.45) is 2.45. The summed E-state index contributed by atoms with van der Waals surface area (Å²) in [5.74, 6) is 0.431. The van der Waals surface area contributed by atoms with E-state index in [0.717, 1.165) is 50.3 Å². The van der Waals surface area contributed by atoms with Crippen molar-refractivity contribution >= 4 is 11.6 Å². The van der Waals surface area contributed by atoms with Crippen LogP contribution >= 0.6 is 0 Å². The summed E-state index contributed by atoms with van der Waals surface area (Å²) < 4.78 is 5.46. The Hall–Kier alpha value is -1.59. The normalized spacial score (nSPS) is 19.1. The van der Waals surface area contributed by atoms with E-state index < -0.39 is 6.10 Å². The average molecular weight is 375 g/mol. The molecule has 1 unspecified atom stereocenters. The highest BCUT2D eigenvalue weighted by Gasteiger charge is 2.30. The highest BCUT2D eigenvalue weighted by molar-refractivity contribution is 5.98. The molecule has 1 aliphatic carbocycles. The smallest absolute Gasteiger partial charge is 0.251 e. The standard InChI is InChI=1S/C22H34N2O3/c1-15-11-17(24-7-9-27-10-8-24)12-19(16-5-6-16)20(15)21(26)23-14-18(25)13-22(2,3)4/h11-12,16,18,25H,5-10,13-14H2,1-4H3,(H,23,26). The van der Waals surface area contributed by atoms with Crippen LogP contribution in [0.15, 0.2) is 12.1 Å². The number of carbonyl (C=O) groups is 1. The Morgan fingerprint density at radius 3 is 2.56 bits per heavy atom. The molecule has 0 spiro atoms. The highest BCUT2D eigenvalue weighted by Crippen LogP contribution is 2.44. The lowest BCUT2D eigenvalue weighted by atomic mass is 9.89. The van der Waals surface area contributed by atoms with E-state index in [1.807, 2.05) is 6.92 Å². The monoisotopic (exact) mass is 374 g/mol. The van der Waals surface area contributed by atoms with E-state index in [1.165, 1.54) is 11.3 Å². The number of aliphatic hydroxyl groups is 1. The van der Waals surface area contributed by atoms with E-state index in [4.69, 9.17) is 4.74 Å². The summed E-state index contributed by atoms with van der Waals surface area (Å²) in [6.45, 7) is 11.9. The number of amides is 1. The maximum Gasteiger partial charge on any atom is 0.251 e. The molecule has 1 aliphatic heterocycles. The fourth-order valence-electron chi connectivity index (χ4n) is 3.90. The number of aliphatic hydroxyl groups excluding tert-OH is 1. The fraction of sp³-hybridized carbons (Fsp3) is 0.682. The van der Waals surface area contributed by atoms with Crippen LogP contribution in [0.4, 0.5) is 5.69 Å². The third kappa shape index (κ3) is 5.45. The van der Waals surface area contributed by atoms with E-state index in [2.05, 4.69) is 43.1 Å². The summed E-state index contributed by atoms with van der Waals surface area (Å²) in [4.78, 5) is 15.3. The zero-order valence-electron chi connectivity index (χ0n) is 17.2. The Morgan fingerprint density at radius 1 is 1.30 bits per heavy atom. The van der Waals surface area contributed by atoms with Crippen molar-refractivity contribution in [1.29, 1.82) is 0 Å². The van der Waals surface area contributed by atoms with Crippen molar-refractivity contribution in [3.8, 4) is 0 Å². The summed E-state index contributed by atoms with van der Waals surface area (Å²) in [5, 5.41) is 13.2. The van der Waals surface area contributed by atoms with Crippen LogP contribution in [0.25, 0.3) is 0 Å². The number of hydrogen-bond acceptors (Lipinski definition) is 4. The van der Waals surface area contributed by atoms with Crippen LogP contribution in [0.3, 0.4) is 0 Å². The minimum atomic E-state index is -0.522. The molecule has 5 nitrogen and oxygen atoms in total. The van der Waals surface area contributed by atoms with Crippen molar-refractivity contribution in [2.45, 2.75) is 59.0 Å². The largest absolute Gasteiger partial charge is 0.391 e. The molecule has 2 aliphatic rings. The molecule has 2 fully saturated rings. The molecule has 27 heavy (non-hydrogen) atoms. The second kappa shape index (κ2) is 8.19. The predicted molar refractivity (Wildman–Crippen MR) is 109 cm³/mol. The summed E-state index contributed by atoms with van der Waals surface area (Å²) in [6, 6.07) is 4.33. The summed E-state index contributed by atoms with van der Waals surface area (Å²) >= 11 is 0. The number of hydrogen-bond donors (Lipinski definition) is 2. The first-order valence-corrected chi connectivity index (χ1v) is 10.2. The molecule has 3 rings (SSSR count). The third-order valence-corrected chi connectivity index (χ3v) is 5.32. The number of aryl methyl sites for hydroxylation is 1. The lowest BCUT2D eigenvalue weighted by Gasteiger charge is -2.30. The van der Waals surface area contributed by atoms with Crippen LogP contribution in [0.1, 0.15) is 67.4 Å². The van der Waals surface area contributed by atoms with Gasteiger partial charge in [-0.1, -0.05) is 20.8 Å². The quantitative estimate of drug-likeness (QED) is 0.802. The first-order chi connectivity index (χ1) is 12.7. The Kier molecular flexibility index (Phi) is 6.11. The van der Waals surface area contributed by atoms with Gasteiger partial charge in [0, 0.05) is 30.9 Å². The number of anilines is 1. The summed E-state index contributed by atoms with van der Waals surface area (Å²) in [7, 11) is 0. The van der Waals surface area contributed by atoms with Gasteiger partial charge >= 0.3 is 0 Å². The van der Waals surface area contributed by atoms with Gasteiger partial charge in [0.25, 0.3) is 5.91 Å². The predicted octanol–water partition coefficient (Wildman–Crippen LogP) is 3.24. The molecule has 150 valence electrons. The minimum Gasteiger partial charge on any atom is -0.391 e. The van der Waals surface area contributed by atoms with Crippen LogP contribution in [-0.4, -0.2) is 50.0 Å². The molecule has 1 saturated heterocycles. The van der Waals surface area contributed by atoms with Gasteiger partial charge in [-0.25, -0.2) is 0 Å². The molecule has 1 amide bonds. The Balaban J connectivity index is 1.75. The zero-order valence-corrected chi connectivity index (χ0v) is 17.2.